The lowest BCUT2D eigenvalue weighted by molar-refractivity contribution is -0.137. The van der Waals surface area contributed by atoms with Crippen LogP contribution in [-0.2, 0) is 12.8 Å². The molecule has 130 valence electrons. The Labute approximate surface area is 150 Å². The number of thiophene rings is 1. The summed E-state index contributed by atoms with van der Waals surface area (Å²) in [6.07, 6.45) is -4.45. The molecule has 2 aromatic heterocycles. The third-order valence-electron chi connectivity index (χ3n) is 3.09. The second-order valence-corrected chi connectivity index (χ2v) is 6.23. The van der Waals surface area contributed by atoms with E-state index in [1.807, 2.05) is 16.8 Å². The average molecular weight is 386 g/mol. The summed E-state index contributed by atoms with van der Waals surface area (Å²) in [4.78, 5) is 4.11. The largest absolute Gasteiger partial charge is 0.473 e. The third-order valence-corrected chi connectivity index (χ3v) is 4.04. The Kier molecular flexibility index (Phi) is 5.15. The topological polar surface area (TPSA) is 31.4 Å². The number of hydrogen-bond acceptors (Lipinski definition) is 4. The zero-order valence-corrected chi connectivity index (χ0v) is 14.2. The highest BCUT2D eigenvalue weighted by atomic mass is 35.5. The highest BCUT2D eigenvalue weighted by molar-refractivity contribution is 7.07. The number of benzene rings is 1. The van der Waals surface area contributed by atoms with Crippen LogP contribution in [0, 0.1) is 0 Å². The maximum absolute atomic E-state index is 12.8. The maximum Gasteiger partial charge on any atom is 0.416 e. The molecule has 0 saturated heterocycles. The SMILES string of the molecule is FC(F)(F)c1cccc(Oc2cc(Cl)cc(OCc3ccsc3)n2)c1. The summed E-state index contributed by atoms with van der Waals surface area (Å²) in [5.41, 5.74) is 0.174. The van der Waals surface area contributed by atoms with Gasteiger partial charge >= 0.3 is 6.18 Å². The molecule has 0 radical (unpaired) electrons. The molecule has 0 fully saturated rings. The average Bonchev–Trinajstić information content (AvgIpc) is 3.05. The Hall–Kier alpha value is -2.25. The van der Waals surface area contributed by atoms with E-state index >= 15 is 0 Å². The van der Waals surface area contributed by atoms with Crippen LogP contribution in [0.25, 0.3) is 0 Å². The van der Waals surface area contributed by atoms with Crippen molar-refractivity contribution >= 4 is 22.9 Å². The van der Waals surface area contributed by atoms with Gasteiger partial charge in [-0.1, -0.05) is 17.7 Å². The van der Waals surface area contributed by atoms with E-state index in [-0.39, 0.29) is 17.5 Å². The van der Waals surface area contributed by atoms with Crippen LogP contribution in [-0.4, -0.2) is 4.98 Å². The first-order valence-electron chi connectivity index (χ1n) is 7.07. The summed E-state index contributed by atoms with van der Waals surface area (Å²) in [5.74, 6) is 0.279. The van der Waals surface area contributed by atoms with Gasteiger partial charge in [-0.15, -0.1) is 0 Å². The van der Waals surface area contributed by atoms with Crippen LogP contribution in [0.5, 0.6) is 17.5 Å². The molecule has 0 aliphatic carbocycles. The first kappa shape index (κ1) is 17.6. The van der Waals surface area contributed by atoms with Crippen LogP contribution in [0.2, 0.25) is 5.02 Å². The van der Waals surface area contributed by atoms with Crippen LogP contribution >= 0.6 is 22.9 Å². The summed E-state index contributed by atoms with van der Waals surface area (Å²) in [5, 5.41) is 4.16. The molecular formula is C17H11ClF3NO2S. The van der Waals surface area contributed by atoms with Gasteiger partial charge in [-0.3, -0.25) is 0 Å². The fraction of sp³-hybridized carbons (Fsp3) is 0.118. The normalized spacial score (nSPS) is 11.4. The van der Waals surface area contributed by atoms with E-state index in [0.717, 1.165) is 17.7 Å². The predicted octanol–water partition coefficient (Wildman–Crippen LogP) is 6.19. The van der Waals surface area contributed by atoms with E-state index in [2.05, 4.69) is 4.98 Å². The number of pyridine rings is 1. The van der Waals surface area contributed by atoms with Crippen molar-refractivity contribution in [2.75, 3.05) is 0 Å². The lowest BCUT2D eigenvalue weighted by Crippen LogP contribution is -2.04. The van der Waals surface area contributed by atoms with Gasteiger partial charge in [0.05, 0.1) is 10.6 Å². The lowest BCUT2D eigenvalue weighted by Gasteiger charge is -2.11. The summed E-state index contributed by atoms with van der Waals surface area (Å²) >= 11 is 7.55. The smallest absolute Gasteiger partial charge is 0.416 e. The van der Waals surface area contributed by atoms with Gasteiger partial charge in [0, 0.05) is 17.7 Å². The van der Waals surface area contributed by atoms with Gasteiger partial charge in [0.1, 0.15) is 12.4 Å². The summed E-state index contributed by atoms with van der Waals surface area (Å²) < 4.78 is 49.2. The molecule has 0 bridgehead atoms. The molecule has 1 aromatic carbocycles. The number of halogens is 4. The number of ether oxygens (including phenoxy) is 2. The minimum Gasteiger partial charge on any atom is -0.473 e. The molecule has 25 heavy (non-hydrogen) atoms. The predicted molar refractivity (Wildman–Crippen MR) is 89.4 cm³/mol. The van der Waals surface area contributed by atoms with Crippen molar-refractivity contribution in [3.05, 3.63) is 69.4 Å². The van der Waals surface area contributed by atoms with Crippen LogP contribution < -0.4 is 9.47 Å². The molecule has 3 aromatic rings. The Morgan fingerprint density at radius 2 is 1.88 bits per heavy atom. The monoisotopic (exact) mass is 385 g/mol. The maximum atomic E-state index is 12.8. The molecule has 0 spiro atoms. The molecule has 0 atom stereocenters. The Bertz CT molecular complexity index is 853. The number of aromatic nitrogens is 1. The minimum atomic E-state index is -4.45. The van der Waals surface area contributed by atoms with Gasteiger partial charge in [-0.2, -0.15) is 29.5 Å². The Morgan fingerprint density at radius 3 is 2.60 bits per heavy atom. The van der Waals surface area contributed by atoms with Gasteiger partial charge < -0.3 is 9.47 Å². The van der Waals surface area contributed by atoms with Crippen LogP contribution in [0.4, 0.5) is 13.2 Å². The second-order valence-electron chi connectivity index (χ2n) is 5.01. The van der Waals surface area contributed by atoms with Crippen LogP contribution in [0.1, 0.15) is 11.1 Å². The molecule has 0 amide bonds. The van der Waals surface area contributed by atoms with Crippen molar-refractivity contribution in [3.63, 3.8) is 0 Å². The van der Waals surface area contributed by atoms with E-state index in [4.69, 9.17) is 21.1 Å². The molecule has 0 aliphatic rings. The fourth-order valence-corrected chi connectivity index (χ4v) is 2.81. The summed E-state index contributed by atoms with van der Waals surface area (Å²) in [7, 11) is 0. The first-order chi connectivity index (χ1) is 11.9. The van der Waals surface area contributed by atoms with Gasteiger partial charge in [0.25, 0.3) is 0 Å². The first-order valence-corrected chi connectivity index (χ1v) is 8.39. The van der Waals surface area contributed by atoms with Crippen molar-refractivity contribution in [2.45, 2.75) is 12.8 Å². The summed E-state index contributed by atoms with van der Waals surface area (Å²) in [6.45, 7) is 0.305. The number of hydrogen-bond donors (Lipinski definition) is 0. The van der Waals surface area contributed by atoms with Crippen molar-refractivity contribution in [2.24, 2.45) is 0 Å². The van der Waals surface area contributed by atoms with Gasteiger partial charge in [-0.25, -0.2) is 0 Å². The van der Waals surface area contributed by atoms with Crippen molar-refractivity contribution in [3.8, 4) is 17.5 Å². The standard InChI is InChI=1S/C17H11ClF3NO2S/c18-13-7-15(23-9-11-4-5-25-10-11)22-16(8-13)24-14-3-1-2-12(6-14)17(19,20)21/h1-8,10H,9H2. The third kappa shape index (κ3) is 4.87. The van der Waals surface area contributed by atoms with E-state index in [1.165, 1.54) is 24.3 Å². The van der Waals surface area contributed by atoms with Gasteiger partial charge in [-0.05, 0) is 35.0 Å². The van der Waals surface area contributed by atoms with Crippen molar-refractivity contribution < 1.29 is 22.6 Å². The zero-order chi connectivity index (χ0) is 17.9. The molecule has 0 unspecified atom stereocenters. The van der Waals surface area contributed by atoms with E-state index in [9.17, 15) is 13.2 Å². The van der Waals surface area contributed by atoms with Crippen LogP contribution in [0.3, 0.4) is 0 Å². The van der Waals surface area contributed by atoms with Gasteiger partial charge in [0.2, 0.25) is 11.8 Å². The molecule has 0 N–H and O–H groups in total. The molecule has 0 aliphatic heterocycles. The minimum absolute atomic E-state index is 0.00776. The Balaban J connectivity index is 1.76. The number of rotatable bonds is 5. The molecule has 8 heteroatoms. The lowest BCUT2D eigenvalue weighted by atomic mass is 10.2. The van der Waals surface area contributed by atoms with Crippen LogP contribution in [0.15, 0.2) is 53.2 Å². The zero-order valence-electron chi connectivity index (χ0n) is 12.6. The molecular weight excluding hydrogens is 375 g/mol. The van der Waals surface area contributed by atoms with Crippen molar-refractivity contribution in [1.29, 1.82) is 0 Å². The highest BCUT2D eigenvalue weighted by Crippen LogP contribution is 2.33. The summed E-state index contributed by atoms with van der Waals surface area (Å²) in [6, 6.07) is 9.35. The molecule has 3 rings (SSSR count). The Morgan fingerprint density at radius 1 is 1.08 bits per heavy atom. The van der Waals surface area contributed by atoms with E-state index < -0.39 is 11.7 Å². The molecule has 2 heterocycles. The number of nitrogens with zero attached hydrogens (tertiary/aromatic N) is 1. The second kappa shape index (κ2) is 7.33. The van der Waals surface area contributed by atoms with E-state index in [0.29, 0.717) is 11.6 Å². The molecule has 0 saturated carbocycles. The van der Waals surface area contributed by atoms with E-state index in [1.54, 1.807) is 11.3 Å². The highest BCUT2D eigenvalue weighted by Gasteiger charge is 2.30. The fourth-order valence-electron chi connectivity index (χ4n) is 1.97. The van der Waals surface area contributed by atoms with Gasteiger partial charge in [0.15, 0.2) is 0 Å². The quantitative estimate of drug-likeness (QED) is 0.525. The number of alkyl halides is 3. The van der Waals surface area contributed by atoms with Crippen molar-refractivity contribution in [1.82, 2.24) is 4.98 Å². The molecule has 3 nitrogen and oxygen atoms in total.